The molecule has 0 aliphatic carbocycles. The molecule has 1 heterocycles. The predicted octanol–water partition coefficient (Wildman–Crippen LogP) is 3.16. The minimum Gasteiger partial charge on any atom is -0.355 e. The topological polar surface area (TPSA) is 32.3 Å². The molecule has 0 bridgehead atoms. The van der Waals surface area contributed by atoms with Crippen LogP contribution in [-0.4, -0.2) is 42.7 Å². The molecule has 2 rings (SSSR count). The van der Waals surface area contributed by atoms with Gasteiger partial charge in [-0.3, -0.25) is 4.79 Å². The molecule has 1 fully saturated rings. The Morgan fingerprint density at radius 1 is 1.32 bits per heavy atom. The van der Waals surface area contributed by atoms with E-state index in [4.69, 9.17) is 0 Å². The third-order valence-corrected chi connectivity index (χ3v) is 5.62. The fourth-order valence-electron chi connectivity index (χ4n) is 2.77. The molecule has 0 unspecified atom stereocenters. The maximum absolute atomic E-state index is 12.1. The van der Waals surface area contributed by atoms with Gasteiger partial charge < -0.3 is 10.2 Å². The van der Waals surface area contributed by atoms with Crippen LogP contribution in [0.4, 0.5) is 0 Å². The number of benzene rings is 1. The molecule has 4 heteroatoms. The molecule has 1 aromatic rings. The number of amides is 1. The molecule has 1 atom stereocenters. The first-order valence-corrected chi connectivity index (χ1v) is 9.32. The maximum atomic E-state index is 12.1. The lowest BCUT2D eigenvalue weighted by molar-refractivity contribution is -0.120. The SMILES string of the molecule is C[C@@H](SCc1ccccc1)C(=O)NCCC1CCN(C)CC1. The van der Waals surface area contributed by atoms with E-state index >= 15 is 0 Å². The van der Waals surface area contributed by atoms with Crippen molar-refractivity contribution in [3.63, 3.8) is 0 Å². The van der Waals surface area contributed by atoms with Gasteiger partial charge in [-0.15, -0.1) is 11.8 Å². The minimum atomic E-state index is 0.0118. The van der Waals surface area contributed by atoms with Crippen LogP contribution in [0.1, 0.15) is 31.7 Å². The van der Waals surface area contributed by atoms with Crippen LogP contribution in [0, 0.1) is 5.92 Å². The van der Waals surface area contributed by atoms with E-state index in [1.807, 2.05) is 25.1 Å². The van der Waals surface area contributed by atoms with E-state index in [0.29, 0.717) is 0 Å². The summed E-state index contributed by atoms with van der Waals surface area (Å²) in [6.45, 7) is 5.21. The van der Waals surface area contributed by atoms with Gasteiger partial charge in [-0.1, -0.05) is 30.3 Å². The normalized spacial score (nSPS) is 18.1. The molecule has 122 valence electrons. The zero-order valence-corrected chi connectivity index (χ0v) is 14.6. The molecule has 1 aliphatic heterocycles. The summed E-state index contributed by atoms with van der Waals surface area (Å²) in [5, 5.41) is 3.12. The number of likely N-dealkylation sites (tertiary alicyclic amines) is 1. The lowest BCUT2D eigenvalue weighted by Gasteiger charge is -2.29. The van der Waals surface area contributed by atoms with Crippen molar-refractivity contribution >= 4 is 17.7 Å². The minimum absolute atomic E-state index is 0.0118. The summed E-state index contributed by atoms with van der Waals surface area (Å²) < 4.78 is 0. The molecule has 1 amide bonds. The van der Waals surface area contributed by atoms with Gasteiger partial charge in [0.15, 0.2) is 0 Å². The summed E-state index contributed by atoms with van der Waals surface area (Å²) in [6, 6.07) is 10.3. The molecular formula is C18H28N2OS. The molecule has 0 radical (unpaired) electrons. The number of piperidine rings is 1. The van der Waals surface area contributed by atoms with Crippen LogP contribution in [0.5, 0.6) is 0 Å². The molecule has 3 nitrogen and oxygen atoms in total. The molecule has 1 aromatic carbocycles. The third-order valence-electron chi connectivity index (χ3n) is 4.40. The second-order valence-electron chi connectivity index (χ2n) is 6.27. The molecule has 1 aliphatic rings. The Morgan fingerprint density at radius 3 is 2.68 bits per heavy atom. The van der Waals surface area contributed by atoms with Crippen LogP contribution >= 0.6 is 11.8 Å². The highest BCUT2D eigenvalue weighted by Crippen LogP contribution is 2.20. The van der Waals surface area contributed by atoms with Crippen LogP contribution in [0.15, 0.2) is 30.3 Å². The van der Waals surface area contributed by atoms with Gasteiger partial charge >= 0.3 is 0 Å². The van der Waals surface area contributed by atoms with E-state index in [9.17, 15) is 4.79 Å². The van der Waals surface area contributed by atoms with Gasteiger partial charge in [0.2, 0.25) is 5.91 Å². The van der Waals surface area contributed by atoms with E-state index in [1.54, 1.807) is 11.8 Å². The molecule has 1 saturated heterocycles. The number of hydrogen-bond donors (Lipinski definition) is 1. The molecule has 0 spiro atoms. The van der Waals surface area contributed by atoms with Crippen molar-refractivity contribution in [2.24, 2.45) is 5.92 Å². The van der Waals surface area contributed by atoms with E-state index < -0.39 is 0 Å². The van der Waals surface area contributed by atoms with Gasteiger partial charge in [0.25, 0.3) is 0 Å². The first-order valence-electron chi connectivity index (χ1n) is 8.27. The van der Waals surface area contributed by atoms with Crippen LogP contribution in [0.3, 0.4) is 0 Å². The van der Waals surface area contributed by atoms with Crippen molar-refractivity contribution in [3.8, 4) is 0 Å². The molecule has 1 N–H and O–H groups in total. The van der Waals surface area contributed by atoms with E-state index in [-0.39, 0.29) is 11.2 Å². The highest BCUT2D eigenvalue weighted by molar-refractivity contribution is 7.99. The van der Waals surface area contributed by atoms with E-state index in [0.717, 1.165) is 24.6 Å². The van der Waals surface area contributed by atoms with Crippen molar-refractivity contribution < 1.29 is 4.79 Å². The van der Waals surface area contributed by atoms with Gasteiger partial charge in [-0.25, -0.2) is 0 Å². The second kappa shape index (κ2) is 9.21. The first kappa shape index (κ1) is 17.4. The highest BCUT2D eigenvalue weighted by atomic mass is 32.2. The smallest absolute Gasteiger partial charge is 0.232 e. The summed E-state index contributed by atoms with van der Waals surface area (Å²) in [5.74, 6) is 1.85. The van der Waals surface area contributed by atoms with Crippen molar-refractivity contribution in [1.29, 1.82) is 0 Å². The van der Waals surface area contributed by atoms with Gasteiger partial charge in [-0.2, -0.15) is 0 Å². The van der Waals surface area contributed by atoms with Crippen LogP contribution < -0.4 is 5.32 Å². The summed E-state index contributed by atoms with van der Waals surface area (Å²) >= 11 is 1.71. The number of rotatable bonds is 7. The largest absolute Gasteiger partial charge is 0.355 e. The van der Waals surface area contributed by atoms with Crippen molar-refractivity contribution in [1.82, 2.24) is 10.2 Å². The lowest BCUT2D eigenvalue weighted by atomic mass is 9.94. The Bertz CT molecular complexity index is 444. The Balaban J connectivity index is 1.60. The molecular weight excluding hydrogens is 292 g/mol. The van der Waals surface area contributed by atoms with Crippen LogP contribution in [-0.2, 0) is 10.5 Å². The maximum Gasteiger partial charge on any atom is 0.232 e. The lowest BCUT2D eigenvalue weighted by Crippen LogP contribution is -2.35. The number of hydrogen-bond acceptors (Lipinski definition) is 3. The van der Waals surface area contributed by atoms with E-state index in [1.165, 1.54) is 31.5 Å². The summed E-state index contributed by atoms with van der Waals surface area (Å²) in [5.41, 5.74) is 1.28. The van der Waals surface area contributed by atoms with Crippen LogP contribution in [0.2, 0.25) is 0 Å². The zero-order chi connectivity index (χ0) is 15.8. The number of carbonyl (C=O) groups is 1. The summed E-state index contributed by atoms with van der Waals surface area (Å²) in [4.78, 5) is 14.5. The first-order chi connectivity index (χ1) is 10.6. The van der Waals surface area contributed by atoms with Gasteiger partial charge in [0.1, 0.15) is 0 Å². The molecule has 0 saturated carbocycles. The van der Waals surface area contributed by atoms with Crippen LogP contribution in [0.25, 0.3) is 0 Å². The average Bonchev–Trinajstić information content (AvgIpc) is 2.55. The highest BCUT2D eigenvalue weighted by Gasteiger charge is 2.17. The summed E-state index contributed by atoms with van der Waals surface area (Å²) in [7, 11) is 2.18. The Hall–Kier alpha value is -1.00. The fourth-order valence-corrected chi connectivity index (χ4v) is 3.63. The average molecular weight is 321 g/mol. The quantitative estimate of drug-likeness (QED) is 0.837. The van der Waals surface area contributed by atoms with Gasteiger partial charge in [-0.05, 0) is 57.8 Å². The number of carbonyl (C=O) groups excluding carboxylic acids is 1. The monoisotopic (exact) mass is 320 g/mol. The number of nitrogens with one attached hydrogen (secondary N) is 1. The molecule has 22 heavy (non-hydrogen) atoms. The number of thioether (sulfide) groups is 1. The standard InChI is InChI=1S/C18H28N2OS/c1-15(22-14-17-6-4-3-5-7-17)18(21)19-11-8-16-9-12-20(2)13-10-16/h3-7,15-16H,8-14H2,1-2H3,(H,19,21)/t15-/m1/s1. The van der Waals surface area contributed by atoms with Gasteiger partial charge in [0.05, 0.1) is 5.25 Å². The Morgan fingerprint density at radius 2 is 2.00 bits per heavy atom. The Labute approximate surface area is 138 Å². The van der Waals surface area contributed by atoms with E-state index in [2.05, 4.69) is 29.4 Å². The fraction of sp³-hybridized carbons (Fsp3) is 0.611. The summed E-state index contributed by atoms with van der Waals surface area (Å²) in [6.07, 6.45) is 3.66. The van der Waals surface area contributed by atoms with Crippen molar-refractivity contribution in [2.75, 3.05) is 26.7 Å². The molecule has 0 aromatic heterocycles. The zero-order valence-electron chi connectivity index (χ0n) is 13.8. The second-order valence-corrected chi connectivity index (χ2v) is 7.59. The Kier molecular flexibility index (Phi) is 7.26. The third kappa shape index (κ3) is 6.01. The predicted molar refractivity (Wildman–Crippen MR) is 95.0 cm³/mol. The van der Waals surface area contributed by atoms with Gasteiger partial charge in [0, 0.05) is 12.3 Å². The number of nitrogens with zero attached hydrogens (tertiary/aromatic N) is 1. The van der Waals surface area contributed by atoms with Crippen molar-refractivity contribution in [3.05, 3.63) is 35.9 Å². The van der Waals surface area contributed by atoms with Crippen molar-refractivity contribution in [2.45, 2.75) is 37.2 Å².